The third kappa shape index (κ3) is 3.50. The van der Waals surface area contributed by atoms with Crippen molar-refractivity contribution in [2.45, 2.75) is 0 Å². The van der Waals surface area contributed by atoms with Crippen LogP contribution in [0.4, 0.5) is 17.1 Å². The first-order valence-electron chi connectivity index (χ1n) is 5.62. The molecule has 108 valence electrons. The number of carboxylic acids is 1. The summed E-state index contributed by atoms with van der Waals surface area (Å²) < 4.78 is 0.646. The number of nitrogens with one attached hydrogen (secondary N) is 1. The summed E-state index contributed by atoms with van der Waals surface area (Å²) in [6.45, 7) is 0. The fraction of sp³-hybridized carbons (Fsp3) is 0. The zero-order valence-corrected chi connectivity index (χ0v) is 12.7. The van der Waals surface area contributed by atoms with Gasteiger partial charge in [0, 0.05) is 22.3 Å². The summed E-state index contributed by atoms with van der Waals surface area (Å²) in [5.74, 6) is -1.26. The Kier molecular flexibility index (Phi) is 4.44. The van der Waals surface area contributed by atoms with Crippen LogP contribution in [0.15, 0.2) is 40.9 Å². The molecular weight excluding hydrogens is 364 g/mol. The van der Waals surface area contributed by atoms with Gasteiger partial charge in [0.15, 0.2) is 0 Å². The smallest absolute Gasteiger partial charge is 0.338 e. The number of non-ortho nitro benzene ring substituents is 1. The second kappa shape index (κ2) is 6.11. The summed E-state index contributed by atoms with van der Waals surface area (Å²) in [5.41, 5.74) is 0.385. The molecule has 0 unspecified atom stereocenters. The van der Waals surface area contributed by atoms with Gasteiger partial charge in [-0.05, 0) is 40.2 Å². The number of hydrogen-bond acceptors (Lipinski definition) is 4. The van der Waals surface area contributed by atoms with E-state index in [1.807, 2.05) is 0 Å². The fourth-order valence-corrected chi connectivity index (χ4v) is 2.16. The van der Waals surface area contributed by atoms with Gasteiger partial charge in [0.1, 0.15) is 0 Å². The lowest BCUT2D eigenvalue weighted by molar-refractivity contribution is -0.384. The molecule has 0 atom stereocenters. The molecule has 8 heteroatoms. The zero-order chi connectivity index (χ0) is 15.6. The topological polar surface area (TPSA) is 92.5 Å². The first-order chi connectivity index (χ1) is 9.88. The van der Waals surface area contributed by atoms with E-state index in [1.165, 1.54) is 12.1 Å². The van der Waals surface area contributed by atoms with Gasteiger partial charge >= 0.3 is 5.97 Å². The molecule has 0 fully saturated rings. The summed E-state index contributed by atoms with van der Waals surface area (Å²) in [6, 6.07) is 8.58. The lowest BCUT2D eigenvalue weighted by Crippen LogP contribution is -2.04. The average molecular weight is 372 g/mol. The normalized spacial score (nSPS) is 10.2. The van der Waals surface area contributed by atoms with E-state index in [2.05, 4.69) is 21.2 Å². The summed E-state index contributed by atoms with van der Waals surface area (Å²) in [7, 11) is 0. The molecule has 21 heavy (non-hydrogen) atoms. The van der Waals surface area contributed by atoms with E-state index in [0.717, 1.165) is 6.07 Å². The van der Waals surface area contributed by atoms with E-state index in [1.54, 1.807) is 18.2 Å². The lowest BCUT2D eigenvalue weighted by atomic mass is 10.1. The van der Waals surface area contributed by atoms with E-state index in [9.17, 15) is 14.9 Å². The number of hydrogen-bond donors (Lipinski definition) is 2. The van der Waals surface area contributed by atoms with Gasteiger partial charge in [-0.15, -0.1) is 0 Å². The number of rotatable bonds is 4. The van der Waals surface area contributed by atoms with Crippen LogP contribution in [0.3, 0.4) is 0 Å². The van der Waals surface area contributed by atoms with E-state index in [4.69, 9.17) is 16.7 Å². The molecule has 0 aliphatic heterocycles. The number of benzene rings is 2. The minimum absolute atomic E-state index is 0.185. The van der Waals surface area contributed by atoms with Crippen LogP contribution in [0.25, 0.3) is 0 Å². The molecule has 2 aromatic carbocycles. The highest BCUT2D eigenvalue weighted by atomic mass is 79.9. The van der Waals surface area contributed by atoms with Crippen LogP contribution in [0.2, 0.25) is 5.02 Å². The maximum Gasteiger partial charge on any atom is 0.338 e. The zero-order valence-electron chi connectivity index (χ0n) is 10.3. The van der Waals surface area contributed by atoms with Crippen molar-refractivity contribution in [3.63, 3.8) is 0 Å². The molecule has 0 radical (unpaired) electrons. The third-order valence-corrected chi connectivity index (χ3v) is 3.86. The van der Waals surface area contributed by atoms with Gasteiger partial charge in [0.05, 0.1) is 21.2 Å². The van der Waals surface area contributed by atoms with Crippen LogP contribution in [0.5, 0.6) is 0 Å². The Morgan fingerprint density at radius 3 is 2.57 bits per heavy atom. The molecule has 0 aromatic heterocycles. The van der Waals surface area contributed by atoms with Gasteiger partial charge < -0.3 is 10.4 Å². The molecule has 2 rings (SSSR count). The van der Waals surface area contributed by atoms with Crippen LogP contribution in [0, 0.1) is 10.1 Å². The summed E-state index contributed by atoms with van der Waals surface area (Å²) >= 11 is 9.14. The highest BCUT2D eigenvalue weighted by molar-refractivity contribution is 9.10. The largest absolute Gasteiger partial charge is 0.478 e. The van der Waals surface area contributed by atoms with Gasteiger partial charge in [-0.3, -0.25) is 10.1 Å². The van der Waals surface area contributed by atoms with Crippen molar-refractivity contribution < 1.29 is 14.8 Å². The Hall–Kier alpha value is -2.12. The number of nitro groups is 1. The molecular formula is C13H8BrClN2O4. The van der Waals surface area contributed by atoms with Crippen LogP contribution in [0.1, 0.15) is 10.4 Å². The molecule has 0 aliphatic carbocycles. The summed E-state index contributed by atoms with van der Waals surface area (Å²) in [4.78, 5) is 21.3. The van der Waals surface area contributed by atoms with Gasteiger partial charge in [-0.2, -0.15) is 0 Å². The van der Waals surface area contributed by atoms with Gasteiger partial charge in [-0.1, -0.05) is 11.6 Å². The van der Waals surface area contributed by atoms with Gasteiger partial charge in [-0.25, -0.2) is 4.79 Å². The number of nitrogens with zero attached hydrogens (tertiary/aromatic N) is 1. The Morgan fingerprint density at radius 2 is 2.00 bits per heavy atom. The standard InChI is InChI=1S/C13H8BrClN2O4/c14-10-5-7(1-3-11(10)15)16-12-4-2-8(17(20)21)6-9(12)13(18)19/h1-6,16H,(H,18,19). The summed E-state index contributed by atoms with van der Waals surface area (Å²) in [5, 5.41) is 23.3. The third-order valence-electron chi connectivity index (χ3n) is 2.64. The molecule has 0 saturated heterocycles. The molecule has 0 aliphatic rings. The van der Waals surface area contributed by atoms with Crippen molar-refractivity contribution in [1.29, 1.82) is 0 Å². The van der Waals surface area contributed by atoms with E-state index in [-0.39, 0.29) is 16.9 Å². The molecule has 0 amide bonds. The van der Waals surface area contributed by atoms with Crippen LogP contribution >= 0.6 is 27.5 Å². The minimum atomic E-state index is -1.26. The van der Waals surface area contributed by atoms with Crippen LogP contribution in [-0.4, -0.2) is 16.0 Å². The minimum Gasteiger partial charge on any atom is -0.478 e. The summed E-state index contributed by atoms with van der Waals surface area (Å²) in [6.07, 6.45) is 0. The second-order valence-corrected chi connectivity index (χ2v) is 5.31. The number of carbonyl (C=O) groups is 1. The quantitative estimate of drug-likeness (QED) is 0.612. The molecule has 6 nitrogen and oxygen atoms in total. The predicted molar refractivity (Wildman–Crippen MR) is 82.5 cm³/mol. The van der Waals surface area contributed by atoms with Gasteiger partial charge in [0.25, 0.3) is 5.69 Å². The Labute approximate surface area is 132 Å². The van der Waals surface area contributed by atoms with Crippen molar-refractivity contribution in [1.82, 2.24) is 0 Å². The van der Waals surface area contributed by atoms with E-state index >= 15 is 0 Å². The number of nitro benzene ring substituents is 1. The maximum absolute atomic E-state index is 11.2. The highest BCUT2D eigenvalue weighted by Crippen LogP contribution is 2.29. The SMILES string of the molecule is O=C(O)c1cc([N+](=O)[O-])ccc1Nc1ccc(Cl)c(Br)c1. The molecule has 0 bridgehead atoms. The number of anilines is 2. The number of halogens is 2. The Bertz CT molecular complexity index is 736. The van der Waals surface area contributed by atoms with Crippen molar-refractivity contribution in [3.05, 3.63) is 61.6 Å². The van der Waals surface area contributed by atoms with Gasteiger partial charge in [0.2, 0.25) is 0 Å². The Balaban J connectivity index is 2.41. The number of aromatic carboxylic acids is 1. The van der Waals surface area contributed by atoms with Crippen molar-refractivity contribution in [2.75, 3.05) is 5.32 Å². The molecule has 2 aromatic rings. The first kappa shape index (κ1) is 15.3. The maximum atomic E-state index is 11.2. The monoisotopic (exact) mass is 370 g/mol. The van der Waals surface area contributed by atoms with Crippen LogP contribution in [-0.2, 0) is 0 Å². The number of carboxylic acid groups (broad SMARTS) is 1. The molecule has 0 spiro atoms. The molecule has 2 N–H and O–H groups in total. The molecule has 0 saturated carbocycles. The van der Waals surface area contributed by atoms with Crippen molar-refractivity contribution >= 4 is 50.6 Å². The Morgan fingerprint density at radius 1 is 1.29 bits per heavy atom. The van der Waals surface area contributed by atoms with E-state index < -0.39 is 10.9 Å². The fourth-order valence-electron chi connectivity index (χ4n) is 1.66. The molecule has 0 heterocycles. The van der Waals surface area contributed by atoms with Crippen molar-refractivity contribution in [2.24, 2.45) is 0 Å². The average Bonchev–Trinajstić information content (AvgIpc) is 2.43. The van der Waals surface area contributed by atoms with E-state index in [0.29, 0.717) is 15.2 Å². The van der Waals surface area contributed by atoms with Crippen LogP contribution < -0.4 is 5.32 Å². The highest BCUT2D eigenvalue weighted by Gasteiger charge is 2.16. The first-order valence-corrected chi connectivity index (χ1v) is 6.79. The van der Waals surface area contributed by atoms with Crippen molar-refractivity contribution in [3.8, 4) is 0 Å². The predicted octanol–water partition coefficient (Wildman–Crippen LogP) is 4.45. The lowest BCUT2D eigenvalue weighted by Gasteiger charge is -2.10. The second-order valence-electron chi connectivity index (χ2n) is 4.05.